The minimum Gasteiger partial charge on any atom is -0.379 e. The van der Waals surface area contributed by atoms with Crippen LogP contribution in [-0.2, 0) is 14.8 Å². The number of benzene rings is 1. The van der Waals surface area contributed by atoms with Crippen LogP contribution in [0.25, 0.3) is 0 Å². The fraction of sp³-hybridized carbons (Fsp3) is 0.250. The Hall–Kier alpha value is -2.34. The number of morpholine rings is 1. The molecule has 2 heterocycles. The van der Waals surface area contributed by atoms with Gasteiger partial charge in [-0.3, -0.25) is 9.59 Å². The summed E-state index contributed by atoms with van der Waals surface area (Å²) >= 11 is 0.692. The number of anilines is 1. The lowest BCUT2D eigenvalue weighted by Gasteiger charge is -2.25. The van der Waals surface area contributed by atoms with Gasteiger partial charge in [-0.15, -0.1) is 11.3 Å². The van der Waals surface area contributed by atoms with Gasteiger partial charge < -0.3 is 15.8 Å². The van der Waals surface area contributed by atoms with Gasteiger partial charge in [0.2, 0.25) is 0 Å². The number of primary amides is 1. The van der Waals surface area contributed by atoms with E-state index in [1.807, 2.05) is 0 Å². The van der Waals surface area contributed by atoms with Crippen molar-refractivity contribution < 1.29 is 27.1 Å². The van der Waals surface area contributed by atoms with Gasteiger partial charge in [-0.2, -0.15) is 4.31 Å². The van der Waals surface area contributed by atoms with Crippen molar-refractivity contribution >= 4 is 38.2 Å². The van der Waals surface area contributed by atoms with Gasteiger partial charge in [0, 0.05) is 13.1 Å². The maximum absolute atomic E-state index is 13.8. The summed E-state index contributed by atoms with van der Waals surface area (Å²) in [4.78, 5) is 24.0. The minimum atomic E-state index is -3.87. The number of hydrogen-bond acceptors (Lipinski definition) is 6. The van der Waals surface area contributed by atoms with Gasteiger partial charge in [-0.1, -0.05) is 12.1 Å². The van der Waals surface area contributed by atoms with Crippen LogP contribution in [0.4, 0.5) is 9.39 Å². The molecule has 1 aliphatic rings. The van der Waals surface area contributed by atoms with Gasteiger partial charge >= 0.3 is 0 Å². The number of thiophene rings is 1. The third kappa shape index (κ3) is 4.00. The molecule has 8 nitrogen and oxygen atoms in total. The molecule has 3 N–H and O–H groups in total. The van der Waals surface area contributed by atoms with Crippen LogP contribution in [0.2, 0.25) is 0 Å². The van der Waals surface area contributed by atoms with Crippen LogP contribution in [0, 0.1) is 5.82 Å². The lowest BCUT2D eigenvalue weighted by Crippen LogP contribution is -2.40. The van der Waals surface area contributed by atoms with Crippen molar-refractivity contribution in [2.24, 2.45) is 5.73 Å². The predicted octanol–water partition coefficient (Wildman–Crippen LogP) is 1.26. The van der Waals surface area contributed by atoms with E-state index in [1.165, 1.54) is 22.5 Å². The molecule has 27 heavy (non-hydrogen) atoms. The van der Waals surface area contributed by atoms with Crippen LogP contribution in [0.5, 0.6) is 0 Å². The SMILES string of the molecule is NC(=O)c1cc(S(=O)(=O)N2CCOCC2)sc1NC(=O)c1ccccc1F. The maximum Gasteiger partial charge on any atom is 0.259 e. The van der Waals surface area contributed by atoms with E-state index >= 15 is 0 Å². The van der Waals surface area contributed by atoms with Crippen LogP contribution in [0.1, 0.15) is 20.7 Å². The van der Waals surface area contributed by atoms with Crippen LogP contribution in [0.15, 0.2) is 34.5 Å². The highest BCUT2D eigenvalue weighted by Gasteiger charge is 2.30. The summed E-state index contributed by atoms with van der Waals surface area (Å²) in [6.07, 6.45) is 0. The first-order valence-electron chi connectivity index (χ1n) is 7.88. The fourth-order valence-corrected chi connectivity index (χ4v) is 5.43. The number of halogens is 1. The van der Waals surface area contributed by atoms with E-state index < -0.39 is 27.7 Å². The summed E-state index contributed by atoms with van der Waals surface area (Å²) in [5.41, 5.74) is 4.91. The molecule has 3 rings (SSSR count). The zero-order chi connectivity index (χ0) is 19.6. The van der Waals surface area contributed by atoms with E-state index in [4.69, 9.17) is 10.5 Å². The number of carbonyl (C=O) groups is 2. The zero-order valence-electron chi connectivity index (χ0n) is 14.0. The number of nitrogens with one attached hydrogen (secondary N) is 1. The van der Waals surface area contributed by atoms with E-state index in [2.05, 4.69) is 5.32 Å². The molecular formula is C16H16FN3O5S2. The van der Waals surface area contributed by atoms with Gasteiger partial charge in [0.05, 0.1) is 24.3 Å². The van der Waals surface area contributed by atoms with Gasteiger partial charge in [-0.05, 0) is 18.2 Å². The second kappa shape index (κ2) is 7.72. The van der Waals surface area contributed by atoms with Crippen LogP contribution in [-0.4, -0.2) is 50.8 Å². The van der Waals surface area contributed by atoms with Crippen molar-refractivity contribution in [1.82, 2.24) is 4.31 Å². The number of amides is 2. The van der Waals surface area contributed by atoms with Gasteiger partial charge in [0.15, 0.2) is 0 Å². The van der Waals surface area contributed by atoms with Crippen molar-refractivity contribution in [1.29, 1.82) is 0 Å². The van der Waals surface area contributed by atoms with E-state index in [1.54, 1.807) is 0 Å². The second-order valence-corrected chi connectivity index (χ2v) is 8.84. The molecule has 144 valence electrons. The topological polar surface area (TPSA) is 119 Å². The number of carbonyl (C=O) groups excluding carboxylic acids is 2. The molecule has 0 spiro atoms. The van der Waals surface area contributed by atoms with Gasteiger partial charge in [0.1, 0.15) is 15.0 Å². The Morgan fingerprint density at radius 2 is 1.85 bits per heavy atom. The number of ether oxygens (including phenoxy) is 1. The molecule has 0 atom stereocenters. The van der Waals surface area contributed by atoms with Gasteiger partial charge in [0.25, 0.3) is 21.8 Å². The molecule has 1 saturated heterocycles. The maximum atomic E-state index is 13.8. The average Bonchev–Trinajstić information content (AvgIpc) is 3.07. The standard InChI is InChI=1S/C16H16FN3O5S2/c17-12-4-2-1-3-10(12)15(22)19-16-11(14(18)21)9-13(26-16)27(23,24)20-5-7-25-8-6-20/h1-4,9H,5-8H2,(H2,18,21)(H,19,22). The first kappa shape index (κ1) is 19.4. The van der Waals surface area contributed by atoms with E-state index in [9.17, 15) is 22.4 Å². The van der Waals surface area contributed by atoms with E-state index in [0.29, 0.717) is 11.3 Å². The third-order valence-corrected chi connectivity index (χ3v) is 7.28. The molecule has 1 fully saturated rings. The normalized spacial score (nSPS) is 15.4. The molecule has 0 radical (unpaired) electrons. The van der Waals surface area contributed by atoms with Crippen molar-refractivity contribution in [3.63, 3.8) is 0 Å². The summed E-state index contributed by atoms with van der Waals surface area (Å²) in [6, 6.07) is 6.42. The molecule has 2 aromatic rings. The quantitative estimate of drug-likeness (QED) is 0.765. The summed E-state index contributed by atoms with van der Waals surface area (Å²) in [5, 5.41) is 2.32. The summed E-state index contributed by atoms with van der Waals surface area (Å²) in [7, 11) is -3.87. The molecule has 0 bridgehead atoms. The van der Waals surface area contributed by atoms with Gasteiger partial charge in [-0.25, -0.2) is 12.8 Å². The number of hydrogen-bond donors (Lipinski definition) is 2. The first-order chi connectivity index (χ1) is 12.8. The smallest absolute Gasteiger partial charge is 0.259 e. The Labute approximate surface area is 158 Å². The van der Waals surface area contributed by atoms with Crippen LogP contribution >= 0.6 is 11.3 Å². The van der Waals surface area contributed by atoms with Crippen molar-refractivity contribution in [3.8, 4) is 0 Å². The Morgan fingerprint density at radius 1 is 1.19 bits per heavy atom. The third-order valence-electron chi connectivity index (χ3n) is 3.88. The Bertz CT molecular complexity index is 984. The van der Waals surface area contributed by atoms with E-state index in [-0.39, 0.29) is 46.6 Å². The molecule has 11 heteroatoms. The lowest BCUT2D eigenvalue weighted by atomic mass is 10.2. The average molecular weight is 413 g/mol. The number of nitrogens with zero attached hydrogens (tertiary/aromatic N) is 1. The summed E-state index contributed by atoms with van der Waals surface area (Å²) in [5.74, 6) is -2.46. The van der Waals surface area contributed by atoms with Crippen molar-refractivity contribution in [2.75, 3.05) is 31.6 Å². The first-order valence-corrected chi connectivity index (χ1v) is 10.1. The van der Waals surface area contributed by atoms with Crippen LogP contribution in [0.3, 0.4) is 0 Å². The van der Waals surface area contributed by atoms with Crippen molar-refractivity contribution in [2.45, 2.75) is 4.21 Å². The lowest BCUT2D eigenvalue weighted by molar-refractivity contribution is 0.0731. The Balaban J connectivity index is 1.93. The molecule has 0 aliphatic carbocycles. The van der Waals surface area contributed by atoms with Crippen LogP contribution < -0.4 is 11.1 Å². The summed E-state index contributed by atoms with van der Waals surface area (Å²) < 4.78 is 45.5. The number of sulfonamides is 1. The molecule has 1 aromatic carbocycles. The molecule has 0 unspecified atom stereocenters. The number of nitrogens with two attached hydrogens (primary N) is 1. The van der Waals surface area contributed by atoms with E-state index in [0.717, 1.165) is 12.1 Å². The minimum absolute atomic E-state index is 0.0532. The Morgan fingerprint density at radius 3 is 2.48 bits per heavy atom. The largest absolute Gasteiger partial charge is 0.379 e. The highest BCUT2D eigenvalue weighted by molar-refractivity contribution is 7.91. The molecule has 0 saturated carbocycles. The number of rotatable bonds is 5. The monoisotopic (exact) mass is 413 g/mol. The highest BCUT2D eigenvalue weighted by atomic mass is 32.2. The summed E-state index contributed by atoms with van der Waals surface area (Å²) in [6.45, 7) is 0.903. The molecule has 2 amide bonds. The highest BCUT2D eigenvalue weighted by Crippen LogP contribution is 2.33. The fourth-order valence-electron chi connectivity index (χ4n) is 2.50. The predicted molar refractivity (Wildman–Crippen MR) is 96.8 cm³/mol. The second-order valence-electron chi connectivity index (χ2n) is 5.62. The Kier molecular flexibility index (Phi) is 5.56. The molecular weight excluding hydrogens is 397 g/mol. The zero-order valence-corrected chi connectivity index (χ0v) is 15.6. The molecule has 1 aromatic heterocycles. The van der Waals surface area contributed by atoms with Crippen molar-refractivity contribution in [3.05, 3.63) is 47.3 Å². The molecule has 1 aliphatic heterocycles.